The van der Waals surface area contributed by atoms with Crippen molar-refractivity contribution in [1.29, 1.82) is 0 Å². The van der Waals surface area contributed by atoms with E-state index in [1.165, 1.54) is 186 Å². The summed E-state index contributed by atoms with van der Waals surface area (Å²) >= 11 is 0. The molecule has 0 aromatic rings. The van der Waals surface area contributed by atoms with Crippen LogP contribution >= 0.6 is 0 Å². The van der Waals surface area contributed by atoms with E-state index in [1.807, 2.05) is 0 Å². The number of carbonyl (C=O) groups excluding carboxylic acids is 2. The first-order valence-corrected chi connectivity index (χ1v) is 25.9. The van der Waals surface area contributed by atoms with Crippen molar-refractivity contribution < 1.29 is 24.5 Å². The van der Waals surface area contributed by atoms with E-state index in [9.17, 15) is 19.8 Å². The normalized spacial score (nSPS) is 13.3. The van der Waals surface area contributed by atoms with E-state index in [-0.39, 0.29) is 24.9 Å². The molecule has 1 amide bonds. The van der Waals surface area contributed by atoms with Gasteiger partial charge < -0.3 is 20.3 Å². The predicted octanol–water partition coefficient (Wildman–Crippen LogP) is 15.3. The number of allylic oxidation sites excluding steroid dienone is 2. The molecule has 0 aromatic carbocycles. The van der Waals surface area contributed by atoms with Gasteiger partial charge in [-0.3, -0.25) is 9.59 Å². The van der Waals surface area contributed by atoms with Crippen molar-refractivity contribution >= 4 is 11.9 Å². The molecule has 0 fully saturated rings. The van der Waals surface area contributed by atoms with Gasteiger partial charge in [0.05, 0.1) is 25.2 Å². The molecule has 0 bridgehead atoms. The van der Waals surface area contributed by atoms with E-state index in [0.29, 0.717) is 19.3 Å². The van der Waals surface area contributed by atoms with Gasteiger partial charge in [0.1, 0.15) is 6.10 Å². The maximum atomic E-state index is 13.1. The van der Waals surface area contributed by atoms with E-state index in [1.54, 1.807) is 0 Å². The lowest BCUT2D eigenvalue weighted by atomic mass is 10.0. The molecular weight excluding hydrogens is 719 g/mol. The Labute approximate surface area is 361 Å². The Bertz CT molecular complexity index is 878. The summed E-state index contributed by atoms with van der Waals surface area (Å²) in [5.41, 5.74) is 0. The van der Waals surface area contributed by atoms with Crippen molar-refractivity contribution in [3.8, 4) is 0 Å². The Morgan fingerprint density at radius 1 is 0.483 bits per heavy atom. The lowest BCUT2D eigenvalue weighted by Crippen LogP contribution is -2.46. The number of esters is 1. The fraction of sp³-hybridized carbons (Fsp3) is 0.923. The van der Waals surface area contributed by atoms with Gasteiger partial charge in [-0.05, 0) is 51.4 Å². The molecule has 3 unspecified atom stereocenters. The average Bonchev–Trinajstić information content (AvgIpc) is 3.21. The second kappa shape index (κ2) is 46.7. The number of hydrogen-bond acceptors (Lipinski definition) is 5. The lowest BCUT2D eigenvalue weighted by molar-refractivity contribution is -0.151. The van der Waals surface area contributed by atoms with Crippen molar-refractivity contribution in [2.75, 3.05) is 6.61 Å². The first-order valence-electron chi connectivity index (χ1n) is 25.9. The Morgan fingerprint density at radius 3 is 1.22 bits per heavy atom. The van der Waals surface area contributed by atoms with E-state index >= 15 is 0 Å². The summed E-state index contributed by atoms with van der Waals surface area (Å²) in [6, 6.07) is -0.695. The molecule has 0 aliphatic carbocycles. The molecule has 0 rings (SSSR count). The number of aliphatic hydroxyl groups excluding tert-OH is 2. The van der Waals surface area contributed by atoms with Crippen LogP contribution in [0.15, 0.2) is 12.2 Å². The summed E-state index contributed by atoms with van der Waals surface area (Å²) in [6.07, 6.45) is 51.5. The molecule has 0 aliphatic rings. The van der Waals surface area contributed by atoms with Gasteiger partial charge in [0.2, 0.25) is 5.91 Å². The van der Waals surface area contributed by atoms with Gasteiger partial charge in [0, 0.05) is 6.42 Å². The molecule has 0 aliphatic heterocycles. The molecule has 0 aromatic heterocycles. The molecular formula is C52H101NO5. The SMILES string of the molecule is CCCCCCCCCCC/C=C/CCCCCCCC(=O)OC(CCCCCCCCC)CC(=O)NC(CO)C(O)CCCCCCCCCCCCCCCC. The molecule has 0 saturated carbocycles. The lowest BCUT2D eigenvalue weighted by Gasteiger charge is -2.24. The number of hydrogen-bond donors (Lipinski definition) is 3. The molecule has 6 heteroatoms. The van der Waals surface area contributed by atoms with Gasteiger partial charge in [-0.2, -0.15) is 0 Å². The highest BCUT2D eigenvalue weighted by molar-refractivity contribution is 5.77. The number of rotatable bonds is 47. The minimum atomic E-state index is -0.782. The number of ether oxygens (including phenoxy) is 1. The van der Waals surface area contributed by atoms with Crippen LogP contribution in [-0.2, 0) is 14.3 Å². The third-order valence-corrected chi connectivity index (χ3v) is 12.1. The third-order valence-electron chi connectivity index (χ3n) is 12.1. The van der Waals surface area contributed by atoms with Crippen LogP contribution < -0.4 is 5.32 Å². The Balaban J connectivity index is 4.32. The molecule has 0 saturated heterocycles. The molecule has 58 heavy (non-hydrogen) atoms. The second-order valence-corrected chi connectivity index (χ2v) is 17.9. The molecule has 3 N–H and O–H groups in total. The van der Waals surface area contributed by atoms with Gasteiger partial charge in [0.15, 0.2) is 0 Å². The van der Waals surface area contributed by atoms with Crippen LogP contribution in [-0.4, -0.2) is 46.9 Å². The summed E-state index contributed by atoms with van der Waals surface area (Å²) in [7, 11) is 0. The quantitative estimate of drug-likeness (QED) is 0.0323. The van der Waals surface area contributed by atoms with E-state index < -0.39 is 18.2 Å². The standard InChI is InChI=1S/C52H101NO5/c1-4-7-10-13-16-18-20-22-24-25-26-27-29-31-33-36-39-42-45-52(57)58-48(43-40-37-34-15-12-9-6-3)46-51(56)53-49(47-54)50(55)44-41-38-35-32-30-28-23-21-19-17-14-11-8-5-2/h26-27,48-50,54-55H,4-25,28-47H2,1-3H3,(H,53,56)/b27-26+. The zero-order chi connectivity index (χ0) is 42.4. The number of aliphatic hydroxyl groups is 2. The van der Waals surface area contributed by atoms with Crippen LogP contribution in [0.25, 0.3) is 0 Å². The molecule has 0 heterocycles. The second-order valence-electron chi connectivity index (χ2n) is 17.9. The maximum Gasteiger partial charge on any atom is 0.306 e. The fourth-order valence-electron chi connectivity index (χ4n) is 8.13. The van der Waals surface area contributed by atoms with Crippen molar-refractivity contribution in [2.45, 2.75) is 302 Å². The smallest absolute Gasteiger partial charge is 0.306 e. The Hall–Kier alpha value is -1.40. The first-order chi connectivity index (χ1) is 28.5. The average molecular weight is 820 g/mol. The number of amides is 1. The molecule has 344 valence electrons. The largest absolute Gasteiger partial charge is 0.462 e. The van der Waals surface area contributed by atoms with Crippen LogP contribution in [0, 0.1) is 0 Å². The monoisotopic (exact) mass is 820 g/mol. The van der Waals surface area contributed by atoms with Gasteiger partial charge in [-0.1, -0.05) is 232 Å². The summed E-state index contributed by atoms with van der Waals surface area (Å²) in [4.78, 5) is 26.0. The minimum absolute atomic E-state index is 0.0797. The number of nitrogens with one attached hydrogen (secondary N) is 1. The van der Waals surface area contributed by atoms with Crippen LogP contribution in [0.5, 0.6) is 0 Å². The molecule has 3 atom stereocenters. The number of unbranched alkanes of at least 4 members (excludes halogenated alkanes) is 33. The maximum absolute atomic E-state index is 13.1. The van der Waals surface area contributed by atoms with E-state index in [4.69, 9.17) is 4.74 Å². The summed E-state index contributed by atoms with van der Waals surface area (Å²) in [6.45, 7) is 6.47. The Morgan fingerprint density at radius 2 is 0.828 bits per heavy atom. The van der Waals surface area contributed by atoms with Crippen molar-refractivity contribution in [1.82, 2.24) is 5.32 Å². The molecule has 0 spiro atoms. The Kier molecular flexibility index (Phi) is 45.5. The predicted molar refractivity (Wildman–Crippen MR) is 250 cm³/mol. The van der Waals surface area contributed by atoms with Crippen LogP contribution in [0.1, 0.15) is 284 Å². The van der Waals surface area contributed by atoms with Crippen molar-refractivity contribution in [3.63, 3.8) is 0 Å². The first kappa shape index (κ1) is 56.6. The topological polar surface area (TPSA) is 95.9 Å². The van der Waals surface area contributed by atoms with E-state index in [2.05, 4.69) is 38.2 Å². The van der Waals surface area contributed by atoms with Crippen LogP contribution in [0.3, 0.4) is 0 Å². The highest BCUT2D eigenvalue weighted by Gasteiger charge is 2.24. The summed E-state index contributed by atoms with van der Waals surface area (Å²) in [5, 5.41) is 23.7. The highest BCUT2D eigenvalue weighted by atomic mass is 16.5. The van der Waals surface area contributed by atoms with E-state index in [0.717, 1.165) is 51.4 Å². The van der Waals surface area contributed by atoms with Gasteiger partial charge in [-0.25, -0.2) is 0 Å². The van der Waals surface area contributed by atoms with Crippen molar-refractivity contribution in [2.24, 2.45) is 0 Å². The fourth-order valence-corrected chi connectivity index (χ4v) is 8.13. The minimum Gasteiger partial charge on any atom is -0.462 e. The van der Waals surface area contributed by atoms with Gasteiger partial charge in [-0.15, -0.1) is 0 Å². The zero-order valence-electron chi connectivity index (χ0n) is 39.2. The molecule has 0 radical (unpaired) electrons. The zero-order valence-corrected chi connectivity index (χ0v) is 39.2. The highest BCUT2D eigenvalue weighted by Crippen LogP contribution is 2.18. The van der Waals surface area contributed by atoms with Crippen molar-refractivity contribution in [3.05, 3.63) is 12.2 Å². The third kappa shape index (κ3) is 41.3. The summed E-state index contributed by atoms with van der Waals surface area (Å²) in [5.74, 6) is -0.473. The number of carbonyl (C=O) groups is 2. The van der Waals surface area contributed by atoms with Crippen LogP contribution in [0.4, 0.5) is 0 Å². The summed E-state index contributed by atoms with van der Waals surface area (Å²) < 4.78 is 5.90. The van der Waals surface area contributed by atoms with Gasteiger partial charge >= 0.3 is 5.97 Å². The van der Waals surface area contributed by atoms with Gasteiger partial charge in [0.25, 0.3) is 0 Å². The van der Waals surface area contributed by atoms with Crippen LogP contribution in [0.2, 0.25) is 0 Å². The molecule has 6 nitrogen and oxygen atoms in total.